The molecule has 168 valence electrons. The molecule has 2 aromatic heterocycles. The highest BCUT2D eigenvalue weighted by molar-refractivity contribution is 7.09. The van der Waals surface area contributed by atoms with Gasteiger partial charge in [0.2, 0.25) is 0 Å². The van der Waals surface area contributed by atoms with Crippen molar-refractivity contribution in [2.45, 2.75) is 46.1 Å². The fraction of sp³-hybridized carbons (Fsp3) is 0.591. The highest BCUT2D eigenvalue weighted by Crippen LogP contribution is 2.18. The number of ether oxygens (including phenoxy) is 1. The molecule has 0 aliphatic carbocycles. The molecule has 2 fully saturated rings. The SMILES string of the molecule is Cc1nc(CN2CCN(C(=O)NCc3ccc(N4CC(C)OC(C)C4)nc3)CC2)cs1. The molecule has 2 unspecified atom stereocenters. The number of nitrogens with zero attached hydrogens (tertiary/aromatic N) is 5. The number of nitrogens with one attached hydrogen (secondary N) is 1. The first-order valence-electron chi connectivity index (χ1n) is 11.0. The van der Waals surface area contributed by atoms with Gasteiger partial charge in [0.1, 0.15) is 5.82 Å². The van der Waals surface area contributed by atoms with Gasteiger partial charge >= 0.3 is 6.03 Å². The topological polar surface area (TPSA) is 73.8 Å². The summed E-state index contributed by atoms with van der Waals surface area (Å²) in [6.45, 7) is 12.5. The van der Waals surface area contributed by atoms with E-state index in [0.717, 1.165) is 67.9 Å². The minimum Gasteiger partial charge on any atom is -0.372 e. The van der Waals surface area contributed by atoms with Gasteiger partial charge in [-0.15, -0.1) is 11.3 Å². The van der Waals surface area contributed by atoms with Crippen LogP contribution in [0.2, 0.25) is 0 Å². The third-order valence-electron chi connectivity index (χ3n) is 5.71. The van der Waals surface area contributed by atoms with Gasteiger partial charge in [-0.2, -0.15) is 0 Å². The zero-order valence-corrected chi connectivity index (χ0v) is 19.4. The molecule has 8 nitrogen and oxygen atoms in total. The number of hydrogen-bond acceptors (Lipinski definition) is 7. The van der Waals surface area contributed by atoms with Gasteiger partial charge in [-0.25, -0.2) is 14.8 Å². The van der Waals surface area contributed by atoms with E-state index in [9.17, 15) is 4.79 Å². The van der Waals surface area contributed by atoms with E-state index in [2.05, 4.69) is 44.3 Å². The molecular weight excluding hydrogens is 412 g/mol. The van der Waals surface area contributed by atoms with Gasteiger partial charge in [0.25, 0.3) is 0 Å². The molecule has 4 heterocycles. The maximum absolute atomic E-state index is 12.6. The van der Waals surface area contributed by atoms with Gasteiger partial charge < -0.3 is 19.9 Å². The molecule has 0 saturated carbocycles. The van der Waals surface area contributed by atoms with Crippen molar-refractivity contribution in [1.82, 2.24) is 25.1 Å². The Bertz CT molecular complexity index is 855. The number of hydrogen-bond donors (Lipinski definition) is 1. The lowest BCUT2D eigenvalue weighted by molar-refractivity contribution is -0.00546. The zero-order valence-electron chi connectivity index (χ0n) is 18.6. The summed E-state index contributed by atoms with van der Waals surface area (Å²) in [4.78, 5) is 28.2. The molecule has 2 aliphatic heterocycles. The minimum absolute atomic E-state index is 0.0101. The Balaban J connectivity index is 1.21. The molecule has 2 atom stereocenters. The molecule has 2 aromatic rings. The molecule has 0 radical (unpaired) electrons. The number of pyridine rings is 1. The quantitative estimate of drug-likeness (QED) is 0.764. The summed E-state index contributed by atoms with van der Waals surface area (Å²) in [5.41, 5.74) is 2.13. The zero-order chi connectivity index (χ0) is 21.8. The Labute approximate surface area is 188 Å². The number of thiazole rings is 1. The highest BCUT2D eigenvalue weighted by atomic mass is 32.1. The van der Waals surface area contributed by atoms with Crippen molar-refractivity contribution in [3.05, 3.63) is 40.0 Å². The number of amides is 2. The average Bonchev–Trinajstić information content (AvgIpc) is 3.17. The molecular formula is C22H32N6O2S. The van der Waals surface area contributed by atoms with Gasteiger partial charge in [0, 0.05) is 63.9 Å². The molecule has 2 aliphatic rings. The summed E-state index contributed by atoms with van der Waals surface area (Å²) in [6, 6.07) is 4.07. The summed E-state index contributed by atoms with van der Waals surface area (Å²) in [6.07, 6.45) is 2.26. The van der Waals surface area contributed by atoms with E-state index in [-0.39, 0.29) is 18.2 Å². The summed E-state index contributed by atoms with van der Waals surface area (Å²) in [5.74, 6) is 0.962. The average molecular weight is 445 g/mol. The van der Waals surface area contributed by atoms with Crippen LogP contribution in [0.4, 0.5) is 10.6 Å². The minimum atomic E-state index is -0.0101. The molecule has 0 bridgehead atoms. The Kier molecular flexibility index (Phi) is 7.04. The second kappa shape index (κ2) is 9.93. The highest BCUT2D eigenvalue weighted by Gasteiger charge is 2.23. The van der Waals surface area contributed by atoms with Crippen LogP contribution in [0.1, 0.15) is 30.1 Å². The lowest BCUT2D eigenvalue weighted by Gasteiger charge is -2.36. The molecule has 2 amide bonds. The first kappa shape index (κ1) is 22.0. The second-order valence-corrected chi connectivity index (χ2v) is 9.53. The lowest BCUT2D eigenvalue weighted by atomic mass is 10.2. The predicted octanol–water partition coefficient (Wildman–Crippen LogP) is 2.49. The maximum Gasteiger partial charge on any atom is 0.317 e. The molecule has 31 heavy (non-hydrogen) atoms. The van der Waals surface area contributed by atoms with Crippen LogP contribution in [0.3, 0.4) is 0 Å². The number of urea groups is 1. The number of aryl methyl sites for hydroxylation is 1. The standard InChI is InChI=1S/C22H32N6O2S/c1-16-12-28(13-17(2)30-16)21-5-4-19(10-23-21)11-24-22(29)27-8-6-26(7-9-27)14-20-15-31-18(3)25-20/h4-5,10,15-17H,6-9,11-14H2,1-3H3,(H,24,29). The van der Waals surface area contributed by atoms with Crippen molar-refractivity contribution in [3.63, 3.8) is 0 Å². The van der Waals surface area contributed by atoms with Gasteiger partial charge in [0.15, 0.2) is 0 Å². The van der Waals surface area contributed by atoms with E-state index >= 15 is 0 Å². The number of aromatic nitrogens is 2. The first-order valence-corrected chi connectivity index (χ1v) is 11.9. The molecule has 0 spiro atoms. The van der Waals surface area contributed by atoms with Crippen LogP contribution < -0.4 is 10.2 Å². The first-order chi connectivity index (χ1) is 15.0. The van der Waals surface area contributed by atoms with Crippen LogP contribution >= 0.6 is 11.3 Å². The third-order valence-corrected chi connectivity index (χ3v) is 6.53. The van der Waals surface area contributed by atoms with E-state index in [1.807, 2.05) is 30.2 Å². The monoisotopic (exact) mass is 444 g/mol. The van der Waals surface area contributed by atoms with Crippen LogP contribution in [0, 0.1) is 6.92 Å². The van der Waals surface area contributed by atoms with E-state index in [0.29, 0.717) is 6.54 Å². The Hall–Kier alpha value is -2.23. The Morgan fingerprint density at radius 3 is 2.55 bits per heavy atom. The normalized spacial score (nSPS) is 22.5. The summed E-state index contributed by atoms with van der Waals surface area (Å²) in [5, 5.41) is 6.25. The van der Waals surface area contributed by atoms with E-state index in [4.69, 9.17) is 4.74 Å². The van der Waals surface area contributed by atoms with Crippen LogP contribution in [-0.4, -0.2) is 77.3 Å². The largest absolute Gasteiger partial charge is 0.372 e. The fourth-order valence-corrected chi connectivity index (χ4v) is 4.79. The van der Waals surface area contributed by atoms with Crippen LogP contribution in [-0.2, 0) is 17.8 Å². The van der Waals surface area contributed by atoms with Crippen LogP contribution in [0.25, 0.3) is 0 Å². The molecule has 1 N–H and O–H groups in total. The van der Waals surface area contributed by atoms with Gasteiger partial charge in [0.05, 0.1) is 22.9 Å². The number of piperazine rings is 1. The van der Waals surface area contributed by atoms with Crippen LogP contribution in [0.15, 0.2) is 23.7 Å². The summed E-state index contributed by atoms with van der Waals surface area (Å²) in [7, 11) is 0. The number of rotatable bonds is 5. The Morgan fingerprint density at radius 2 is 1.94 bits per heavy atom. The second-order valence-electron chi connectivity index (χ2n) is 8.47. The number of carbonyl (C=O) groups is 1. The third kappa shape index (κ3) is 5.93. The van der Waals surface area contributed by atoms with E-state index < -0.39 is 0 Å². The fourth-order valence-electron chi connectivity index (χ4n) is 4.18. The van der Waals surface area contributed by atoms with Crippen molar-refractivity contribution in [2.24, 2.45) is 0 Å². The van der Waals surface area contributed by atoms with E-state index in [1.54, 1.807) is 11.3 Å². The molecule has 0 aromatic carbocycles. The lowest BCUT2D eigenvalue weighted by Crippen LogP contribution is -2.51. The number of morpholine rings is 1. The Morgan fingerprint density at radius 1 is 1.19 bits per heavy atom. The van der Waals surface area contributed by atoms with E-state index in [1.165, 1.54) is 0 Å². The van der Waals surface area contributed by atoms with Gasteiger partial charge in [-0.3, -0.25) is 4.90 Å². The maximum atomic E-state index is 12.6. The molecule has 2 saturated heterocycles. The van der Waals surface area contributed by atoms with Crippen molar-refractivity contribution < 1.29 is 9.53 Å². The van der Waals surface area contributed by atoms with Crippen LogP contribution in [0.5, 0.6) is 0 Å². The molecule has 9 heteroatoms. The van der Waals surface area contributed by atoms with Crippen molar-refractivity contribution in [1.29, 1.82) is 0 Å². The predicted molar refractivity (Wildman–Crippen MR) is 122 cm³/mol. The molecule has 4 rings (SSSR count). The van der Waals surface area contributed by atoms with Crippen molar-refractivity contribution in [3.8, 4) is 0 Å². The van der Waals surface area contributed by atoms with Crippen molar-refractivity contribution in [2.75, 3.05) is 44.2 Å². The number of anilines is 1. The van der Waals surface area contributed by atoms with Gasteiger partial charge in [-0.1, -0.05) is 6.07 Å². The van der Waals surface area contributed by atoms with Gasteiger partial charge in [-0.05, 0) is 32.4 Å². The summed E-state index contributed by atoms with van der Waals surface area (Å²) < 4.78 is 5.79. The number of carbonyl (C=O) groups excluding carboxylic acids is 1. The summed E-state index contributed by atoms with van der Waals surface area (Å²) >= 11 is 1.69. The van der Waals surface area contributed by atoms with Crippen molar-refractivity contribution >= 4 is 23.2 Å². The smallest absolute Gasteiger partial charge is 0.317 e.